The van der Waals surface area contributed by atoms with Crippen molar-refractivity contribution in [2.45, 2.75) is 0 Å². The van der Waals surface area contributed by atoms with Gasteiger partial charge in [0.2, 0.25) is 0 Å². The van der Waals surface area contributed by atoms with Gasteiger partial charge in [-0.2, -0.15) is 0 Å². The summed E-state index contributed by atoms with van der Waals surface area (Å²) in [7, 11) is 3.06. The minimum atomic E-state index is -0.548. The number of aromatic amines is 1. The first-order valence-electron chi connectivity index (χ1n) is 6.23. The predicted molar refractivity (Wildman–Crippen MR) is 76.3 cm³/mol. The van der Waals surface area contributed by atoms with E-state index in [1.54, 1.807) is 12.1 Å². The molecule has 3 rings (SSSR count). The van der Waals surface area contributed by atoms with Crippen LogP contribution in [-0.4, -0.2) is 29.3 Å². The Balaban J connectivity index is 2.22. The molecule has 0 radical (unpaired) electrons. The van der Waals surface area contributed by atoms with Gasteiger partial charge in [0.1, 0.15) is 17.4 Å². The molecule has 21 heavy (non-hydrogen) atoms. The van der Waals surface area contributed by atoms with E-state index in [1.165, 1.54) is 32.4 Å². The van der Waals surface area contributed by atoms with Crippen molar-refractivity contribution in [3.8, 4) is 28.6 Å². The number of halogens is 1. The number of phenols is 1. The average Bonchev–Trinajstić information content (AvgIpc) is 2.87. The second-order valence-corrected chi connectivity index (χ2v) is 4.44. The molecular formula is C15H13FN2O3. The number of rotatable bonds is 3. The van der Waals surface area contributed by atoms with Crippen molar-refractivity contribution in [2.75, 3.05) is 14.2 Å². The van der Waals surface area contributed by atoms with Crippen molar-refractivity contribution in [1.29, 1.82) is 0 Å². The summed E-state index contributed by atoms with van der Waals surface area (Å²) in [6.45, 7) is 0. The van der Waals surface area contributed by atoms with Crippen LogP contribution in [0.4, 0.5) is 4.39 Å². The lowest BCUT2D eigenvalue weighted by atomic mass is 10.2. The SMILES string of the molecule is COc1cc2nc(-c3c(O)cccc3F)[nH]c2cc1OC. The van der Waals surface area contributed by atoms with Crippen LogP contribution in [0.3, 0.4) is 0 Å². The van der Waals surface area contributed by atoms with E-state index in [9.17, 15) is 9.50 Å². The summed E-state index contributed by atoms with van der Waals surface area (Å²) >= 11 is 0. The summed E-state index contributed by atoms with van der Waals surface area (Å²) in [4.78, 5) is 7.27. The topological polar surface area (TPSA) is 67.4 Å². The molecule has 0 atom stereocenters. The second kappa shape index (κ2) is 4.97. The van der Waals surface area contributed by atoms with Crippen LogP contribution in [0.2, 0.25) is 0 Å². The molecule has 0 aliphatic carbocycles. The fraction of sp³-hybridized carbons (Fsp3) is 0.133. The van der Waals surface area contributed by atoms with Crippen LogP contribution in [0.25, 0.3) is 22.4 Å². The molecule has 0 saturated carbocycles. The Hall–Kier alpha value is -2.76. The largest absolute Gasteiger partial charge is 0.507 e. The highest BCUT2D eigenvalue weighted by molar-refractivity contribution is 5.84. The van der Waals surface area contributed by atoms with Gasteiger partial charge in [-0.1, -0.05) is 6.07 Å². The molecule has 6 heteroatoms. The molecule has 0 amide bonds. The van der Waals surface area contributed by atoms with E-state index < -0.39 is 5.82 Å². The summed E-state index contributed by atoms with van der Waals surface area (Å²) in [6, 6.07) is 7.51. The van der Waals surface area contributed by atoms with Crippen molar-refractivity contribution in [1.82, 2.24) is 9.97 Å². The number of fused-ring (bicyclic) bond motifs is 1. The molecule has 0 unspecified atom stereocenters. The van der Waals surface area contributed by atoms with E-state index in [2.05, 4.69) is 9.97 Å². The van der Waals surface area contributed by atoms with Gasteiger partial charge in [-0.05, 0) is 12.1 Å². The number of H-pyrrole nitrogens is 1. The Kier molecular flexibility index (Phi) is 3.13. The third kappa shape index (κ3) is 2.14. The summed E-state index contributed by atoms with van der Waals surface area (Å²) < 4.78 is 24.3. The van der Waals surface area contributed by atoms with E-state index in [1.807, 2.05) is 0 Å². The molecule has 0 aliphatic rings. The van der Waals surface area contributed by atoms with Crippen LogP contribution >= 0.6 is 0 Å². The minimum Gasteiger partial charge on any atom is -0.507 e. The van der Waals surface area contributed by atoms with Gasteiger partial charge in [0.15, 0.2) is 11.5 Å². The number of methoxy groups -OCH3 is 2. The van der Waals surface area contributed by atoms with E-state index in [-0.39, 0.29) is 17.1 Å². The molecule has 0 bridgehead atoms. The molecule has 0 aliphatic heterocycles. The Labute approximate surface area is 120 Å². The Morgan fingerprint density at radius 3 is 2.52 bits per heavy atom. The van der Waals surface area contributed by atoms with Gasteiger partial charge in [-0.25, -0.2) is 9.37 Å². The van der Waals surface area contributed by atoms with Gasteiger partial charge >= 0.3 is 0 Å². The van der Waals surface area contributed by atoms with Crippen LogP contribution < -0.4 is 9.47 Å². The molecule has 1 aromatic heterocycles. The highest BCUT2D eigenvalue weighted by Crippen LogP contribution is 2.35. The molecule has 3 aromatic rings. The highest BCUT2D eigenvalue weighted by atomic mass is 19.1. The van der Waals surface area contributed by atoms with Crippen LogP contribution in [0, 0.1) is 5.82 Å². The van der Waals surface area contributed by atoms with Crippen molar-refractivity contribution < 1.29 is 19.0 Å². The van der Waals surface area contributed by atoms with Gasteiger partial charge in [-0.15, -0.1) is 0 Å². The van der Waals surface area contributed by atoms with E-state index in [0.717, 1.165) is 0 Å². The zero-order chi connectivity index (χ0) is 15.0. The minimum absolute atomic E-state index is 0.0339. The standard InChI is InChI=1S/C15H13FN2O3/c1-20-12-6-9-10(7-13(12)21-2)18-15(17-9)14-8(16)4-3-5-11(14)19/h3-7,19H,1-2H3,(H,17,18). The lowest BCUT2D eigenvalue weighted by Crippen LogP contribution is -1.89. The number of nitrogens with one attached hydrogen (secondary N) is 1. The zero-order valence-electron chi connectivity index (χ0n) is 11.5. The second-order valence-electron chi connectivity index (χ2n) is 4.44. The van der Waals surface area contributed by atoms with Gasteiger partial charge in [0, 0.05) is 12.1 Å². The van der Waals surface area contributed by atoms with E-state index >= 15 is 0 Å². The molecule has 0 fully saturated rings. The predicted octanol–water partition coefficient (Wildman–Crippen LogP) is 3.09. The third-order valence-electron chi connectivity index (χ3n) is 3.22. The first-order valence-corrected chi connectivity index (χ1v) is 6.23. The smallest absolute Gasteiger partial charge is 0.163 e. The molecule has 2 N–H and O–H groups in total. The number of hydrogen-bond acceptors (Lipinski definition) is 4. The maximum Gasteiger partial charge on any atom is 0.163 e. The fourth-order valence-electron chi connectivity index (χ4n) is 2.20. The zero-order valence-corrected chi connectivity index (χ0v) is 11.5. The van der Waals surface area contributed by atoms with Gasteiger partial charge < -0.3 is 19.6 Å². The first-order chi connectivity index (χ1) is 10.1. The van der Waals surface area contributed by atoms with Crippen molar-refractivity contribution in [3.05, 3.63) is 36.1 Å². The monoisotopic (exact) mass is 288 g/mol. The van der Waals surface area contributed by atoms with E-state index in [0.29, 0.717) is 22.5 Å². The number of hydrogen-bond donors (Lipinski definition) is 2. The number of ether oxygens (including phenoxy) is 2. The Morgan fingerprint density at radius 1 is 1.14 bits per heavy atom. The molecule has 108 valence electrons. The highest BCUT2D eigenvalue weighted by Gasteiger charge is 2.16. The Morgan fingerprint density at radius 2 is 1.86 bits per heavy atom. The third-order valence-corrected chi connectivity index (χ3v) is 3.22. The summed E-state index contributed by atoms with van der Waals surface area (Å²) in [5.41, 5.74) is 1.28. The number of phenolic OH excluding ortho intramolecular Hbond substituents is 1. The number of nitrogens with zero attached hydrogens (tertiary/aromatic N) is 1. The lowest BCUT2D eigenvalue weighted by molar-refractivity contribution is 0.356. The molecule has 0 saturated heterocycles. The molecule has 1 heterocycles. The van der Waals surface area contributed by atoms with Crippen molar-refractivity contribution in [3.63, 3.8) is 0 Å². The normalized spacial score (nSPS) is 10.8. The average molecular weight is 288 g/mol. The van der Waals surface area contributed by atoms with Gasteiger partial charge in [0.25, 0.3) is 0 Å². The van der Waals surface area contributed by atoms with Crippen molar-refractivity contribution in [2.24, 2.45) is 0 Å². The number of aromatic hydroxyl groups is 1. The maximum atomic E-state index is 13.9. The lowest BCUT2D eigenvalue weighted by Gasteiger charge is -2.06. The molecule has 0 spiro atoms. The van der Waals surface area contributed by atoms with Crippen molar-refractivity contribution >= 4 is 11.0 Å². The molecule has 2 aromatic carbocycles. The fourth-order valence-corrected chi connectivity index (χ4v) is 2.20. The van der Waals surface area contributed by atoms with Crippen LogP contribution in [-0.2, 0) is 0 Å². The van der Waals surface area contributed by atoms with E-state index in [4.69, 9.17) is 9.47 Å². The molecule has 5 nitrogen and oxygen atoms in total. The van der Waals surface area contributed by atoms with Crippen LogP contribution in [0.1, 0.15) is 0 Å². The Bertz CT molecular complexity index is 753. The summed E-state index contributed by atoms with van der Waals surface area (Å²) in [6.07, 6.45) is 0. The van der Waals surface area contributed by atoms with Gasteiger partial charge in [0.05, 0.1) is 30.8 Å². The summed E-state index contributed by atoms with van der Waals surface area (Å²) in [5, 5.41) is 9.82. The quantitative estimate of drug-likeness (QED) is 0.777. The van der Waals surface area contributed by atoms with Crippen LogP contribution in [0.5, 0.6) is 17.2 Å². The van der Waals surface area contributed by atoms with Gasteiger partial charge in [-0.3, -0.25) is 0 Å². The molecular weight excluding hydrogens is 275 g/mol. The first kappa shape index (κ1) is 13.2. The van der Waals surface area contributed by atoms with Crippen LogP contribution in [0.15, 0.2) is 30.3 Å². The number of aromatic nitrogens is 2. The summed E-state index contributed by atoms with van der Waals surface area (Å²) in [5.74, 6) is 0.593. The maximum absolute atomic E-state index is 13.9. The number of benzene rings is 2. The number of imidazole rings is 1.